The molecule has 0 bridgehead atoms. The predicted molar refractivity (Wildman–Crippen MR) is 146 cm³/mol. The monoisotopic (exact) mass is 505 g/mol. The molecule has 4 rings (SSSR count). The lowest BCUT2D eigenvalue weighted by Gasteiger charge is -2.44. The third-order valence-electron chi connectivity index (χ3n) is 6.72. The number of hydrogen-bond acceptors (Lipinski definition) is 6. The number of aromatic nitrogens is 1. The Labute approximate surface area is 219 Å². The minimum Gasteiger partial charge on any atom is -0.461 e. The van der Waals surface area contributed by atoms with Gasteiger partial charge in [0.25, 0.3) is 0 Å². The molecule has 1 aliphatic heterocycles. The summed E-state index contributed by atoms with van der Waals surface area (Å²) in [6, 6.07) is 19.2. The van der Waals surface area contributed by atoms with E-state index in [1.165, 1.54) is 10.1 Å². The Morgan fingerprint density at radius 3 is 2.22 bits per heavy atom. The van der Waals surface area contributed by atoms with E-state index in [0.717, 1.165) is 37.1 Å². The SMILES string of the molecule is CCOC(=O)c1cc2cc(CN3C[C@@H](C)N(Cc4ccccc4)[C@@H](C)C3)ccc2n1C(=O)OC(C)(C)C. The lowest BCUT2D eigenvalue weighted by atomic mass is 10.0. The fraction of sp³-hybridized carbons (Fsp3) is 0.467. The van der Waals surface area contributed by atoms with Crippen molar-refractivity contribution in [2.24, 2.45) is 0 Å². The van der Waals surface area contributed by atoms with Crippen LogP contribution in [0.2, 0.25) is 0 Å². The Hall–Kier alpha value is -3.16. The van der Waals surface area contributed by atoms with Crippen molar-refractivity contribution in [3.05, 3.63) is 71.4 Å². The molecule has 1 aliphatic rings. The molecule has 0 unspecified atom stereocenters. The molecule has 7 heteroatoms. The zero-order valence-electron chi connectivity index (χ0n) is 22.9. The number of nitrogens with zero attached hydrogens (tertiary/aromatic N) is 3. The second kappa shape index (κ2) is 11.1. The van der Waals surface area contributed by atoms with Crippen LogP contribution >= 0.6 is 0 Å². The van der Waals surface area contributed by atoms with E-state index >= 15 is 0 Å². The molecule has 1 aromatic heterocycles. The molecule has 198 valence electrons. The van der Waals surface area contributed by atoms with Crippen LogP contribution in [0.15, 0.2) is 54.6 Å². The van der Waals surface area contributed by atoms with Gasteiger partial charge in [-0.05, 0) is 70.9 Å². The van der Waals surface area contributed by atoms with Gasteiger partial charge < -0.3 is 9.47 Å². The second-order valence-electron chi connectivity index (χ2n) is 11.0. The summed E-state index contributed by atoms with van der Waals surface area (Å²) in [5.41, 5.74) is 2.61. The molecule has 0 spiro atoms. The fourth-order valence-corrected chi connectivity index (χ4v) is 5.18. The molecule has 0 radical (unpaired) electrons. The maximum Gasteiger partial charge on any atom is 0.419 e. The standard InChI is InChI=1S/C30H39N3O4/c1-7-36-28(34)27-16-25-15-24(13-14-26(25)33(27)29(35)37-30(4,5)6)19-31-17-21(2)32(22(3)18-31)20-23-11-9-8-10-12-23/h8-16,21-22H,7,17-20H2,1-6H3/t21-,22+. The van der Waals surface area contributed by atoms with Gasteiger partial charge in [0.1, 0.15) is 11.3 Å². The van der Waals surface area contributed by atoms with Crippen LogP contribution < -0.4 is 0 Å². The maximum atomic E-state index is 13.0. The molecule has 0 amide bonds. The van der Waals surface area contributed by atoms with Gasteiger partial charge in [-0.2, -0.15) is 0 Å². The number of hydrogen-bond donors (Lipinski definition) is 0. The van der Waals surface area contributed by atoms with Crippen LogP contribution in [0.4, 0.5) is 4.79 Å². The summed E-state index contributed by atoms with van der Waals surface area (Å²) in [6.07, 6.45) is -0.588. The summed E-state index contributed by atoms with van der Waals surface area (Å²) in [6.45, 7) is 15.7. The predicted octanol–water partition coefficient (Wildman–Crippen LogP) is 5.70. The van der Waals surface area contributed by atoms with E-state index in [1.807, 2.05) is 12.1 Å². The van der Waals surface area contributed by atoms with E-state index in [1.54, 1.807) is 33.8 Å². The summed E-state index contributed by atoms with van der Waals surface area (Å²) in [5, 5.41) is 0.815. The van der Waals surface area contributed by atoms with Crippen LogP contribution in [-0.4, -0.2) is 63.8 Å². The van der Waals surface area contributed by atoms with E-state index in [0.29, 0.717) is 17.6 Å². The van der Waals surface area contributed by atoms with Gasteiger partial charge in [-0.15, -0.1) is 0 Å². The Kier molecular flexibility index (Phi) is 8.05. The zero-order chi connectivity index (χ0) is 26.7. The van der Waals surface area contributed by atoms with Crippen molar-refractivity contribution in [1.82, 2.24) is 14.4 Å². The third kappa shape index (κ3) is 6.40. The minimum absolute atomic E-state index is 0.181. The van der Waals surface area contributed by atoms with Gasteiger partial charge in [-0.25, -0.2) is 14.2 Å². The topological polar surface area (TPSA) is 64.0 Å². The number of rotatable bonds is 6. The van der Waals surface area contributed by atoms with Gasteiger partial charge in [-0.1, -0.05) is 36.4 Å². The smallest absolute Gasteiger partial charge is 0.419 e. The van der Waals surface area contributed by atoms with Crippen molar-refractivity contribution in [3.8, 4) is 0 Å². The van der Waals surface area contributed by atoms with Crippen LogP contribution in [0.25, 0.3) is 10.9 Å². The van der Waals surface area contributed by atoms with Gasteiger partial charge in [0.2, 0.25) is 0 Å². The summed E-state index contributed by atoms with van der Waals surface area (Å²) < 4.78 is 12.1. The molecule has 3 aromatic rings. The van der Waals surface area contributed by atoms with Crippen molar-refractivity contribution < 1.29 is 19.1 Å². The fourth-order valence-electron chi connectivity index (χ4n) is 5.18. The molecular formula is C30H39N3O4. The van der Waals surface area contributed by atoms with Crippen LogP contribution in [0, 0.1) is 0 Å². The second-order valence-corrected chi connectivity index (χ2v) is 11.0. The summed E-state index contributed by atoms with van der Waals surface area (Å²) in [5.74, 6) is -0.539. The van der Waals surface area contributed by atoms with Crippen LogP contribution in [-0.2, 0) is 22.6 Å². The Bertz CT molecular complexity index is 1230. The largest absolute Gasteiger partial charge is 0.461 e. The van der Waals surface area contributed by atoms with Gasteiger partial charge in [0.15, 0.2) is 0 Å². The zero-order valence-corrected chi connectivity index (χ0v) is 22.9. The molecule has 2 atom stereocenters. The number of carbonyl (C=O) groups excluding carboxylic acids is 2. The van der Waals surface area contributed by atoms with E-state index in [4.69, 9.17) is 9.47 Å². The molecule has 0 aliphatic carbocycles. The average Bonchev–Trinajstić information content (AvgIpc) is 3.20. The minimum atomic E-state index is -0.685. The molecule has 1 saturated heterocycles. The van der Waals surface area contributed by atoms with E-state index < -0.39 is 17.7 Å². The van der Waals surface area contributed by atoms with Crippen molar-refractivity contribution in [2.45, 2.75) is 72.3 Å². The third-order valence-corrected chi connectivity index (χ3v) is 6.72. The Morgan fingerprint density at radius 2 is 1.59 bits per heavy atom. The van der Waals surface area contributed by atoms with Crippen LogP contribution in [0.1, 0.15) is 63.2 Å². The van der Waals surface area contributed by atoms with Crippen molar-refractivity contribution in [2.75, 3.05) is 19.7 Å². The van der Waals surface area contributed by atoms with Crippen molar-refractivity contribution in [1.29, 1.82) is 0 Å². The number of esters is 1. The molecule has 0 N–H and O–H groups in total. The van der Waals surface area contributed by atoms with Gasteiger partial charge in [0.05, 0.1) is 12.1 Å². The first-order valence-electron chi connectivity index (χ1n) is 13.1. The van der Waals surface area contributed by atoms with Gasteiger partial charge in [0, 0.05) is 43.6 Å². The van der Waals surface area contributed by atoms with Gasteiger partial charge >= 0.3 is 12.1 Å². The Morgan fingerprint density at radius 1 is 0.919 bits per heavy atom. The highest BCUT2D eigenvalue weighted by atomic mass is 16.6. The number of piperazine rings is 1. The quantitative estimate of drug-likeness (QED) is 0.401. The van der Waals surface area contributed by atoms with Crippen molar-refractivity contribution >= 4 is 23.0 Å². The number of carbonyl (C=O) groups is 2. The molecular weight excluding hydrogens is 466 g/mol. The Balaban J connectivity index is 1.54. The molecule has 7 nitrogen and oxygen atoms in total. The molecule has 2 aromatic carbocycles. The van der Waals surface area contributed by atoms with E-state index in [9.17, 15) is 9.59 Å². The highest BCUT2D eigenvalue weighted by molar-refractivity contribution is 6.01. The number of fused-ring (bicyclic) bond motifs is 1. The first-order valence-corrected chi connectivity index (χ1v) is 13.1. The summed E-state index contributed by atoms with van der Waals surface area (Å²) in [7, 11) is 0. The van der Waals surface area contributed by atoms with E-state index in [2.05, 4.69) is 60.0 Å². The summed E-state index contributed by atoms with van der Waals surface area (Å²) >= 11 is 0. The number of benzene rings is 2. The summed E-state index contributed by atoms with van der Waals surface area (Å²) in [4.78, 5) is 30.8. The first-order chi connectivity index (χ1) is 17.6. The maximum absolute atomic E-state index is 13.0. The molecule has 0 saturated carbocycles. The average molecular weight is 506 g/mol. The van der Waals surface area contributed by atoms with Gasteiger partial charge in [-0.3, -0.25) is 9.80 Å². The van der Waals surface area contributed by atoms with Crippen LogP contribution in [0.3, 0.4) is 0 Å². The highest BCUT2D eigenvalue weighted by Gasteiger charge is 2.30. The van der Waals surface area contributed by atoms with Crippen LogP contribution in [0.5, 0.6) is 0 Å². The number of ether oxygens (including phenoxy) is 2. The first kappa shape index (κ1) is 26.9. The highest BCUT2D eigenvalue weighted by Crippen LogP contribution is 2.26. The lowest BCUT2D eigenvalue weighted by molar-refractivity contribution is 0.0290. The lowest BCUT2D eigenvalue weighted by Crippen LogP contribution is -2.55. The van der Waals surface area contributed by atoms with E-state index in [-0.39, 0.29) is 12.3 Å². The normalized spacial score (nSPS) is 19.2. The van der Waals surface area contributed by atoms with Crippen molar-refractivity contribution in [3.63, 3.8) is 0 Å². The molecule has 1 fully saturated rings. The molecule has 2 heterocycles. The molecule has 37 heavy (non-hydrogen) atoms.